The Labute approximate surface area is 134 Å². The molecule has 4 rings (SSSR count). The number of hydrogen-bond donors (Lipinski definition) is 1. The van der Waals surface area contributed by atoms with Gasteiger partial charge in [0.1, 0.15) is 6.04 Å². The monoisotopic (exact) mass is 304 g/mol. The number of carbonyl (C=O) groups excluding carboxylic acids is 1. The van der Waals surface area contributed by atoms with E-state index in [0.29, 0.717) is 6.42 Å². The fourth-order valence-corrected chi connectivity index (χ4v) is 2.88. The number of pyridine rings is 1. The number of hydrogen-bond acceptors (Lipinski definition) is 4. The highest BCUT2D eigenvalue weighted by Crippen LogP contribution is 2.23. The summed E-state index contributed by atoms with van der Waals surface area (Å²) >= 11 is 0. The van der Waals surface area contributed by atoms with Gasteiger partial charge in [-0.2, -0.15) is 0 Å². The van der Waals surface area contributed by atoms with Gasteiger partial charge in [-0.15, -0.1) is 0 Å². The third-order valence-corrected chi connectivity index (χ3v) is 4.06. The molecule has 2 heterocycles. The largest absolute Gasteiger partial charge is 0.441 e. The summed E-state index contributed by atoms with van der Waals surface area (Å²) in [6.07, 6.45) is 2.02. The summed E-state index contributed by atoms with van der Waals surface area (Å²) in [4.78, 5) is 16.6. The van der Waals surface area contributed by atoms with Gasteiger partial charge in [-0.3, -0.25) is 15.1 Å². The van der Waals surface area contributed by atoms with E-state index in [1.165, 1.54) is 0 Å². The van der Waals surface area contributed by atoms with Crippen LogP contribution < -0.4 is 5.32 Å². The number of nitrogens with one attached hydrogen (secondary N) is 1. The Bertz CT molecular complexity index is 848. The summed E-state index contributed by atoms with van der Waals surface area (Å²) < 4.78 is 5.45. The van der Waals surface area contributed by atoms with Crippen LogP contribution in [-0.2, 0) is 16.0 Å². The number of fused-ring (bicyclic) bond motifs is 1. The van der Waals surface area contributed by atoms with Gasteiger partial charge < -0.3 is 4.74 Å². The van der Waals surface area contributed by atoms with Crippen LogP contribution in [0.15, 0.2) is 66.9 Å². The molecule has 1 N–H and O–H groups in total. The number of cyclic esters (lactones) is 1. The number of esters is 1. The molecule has 0 spiro atoms. The van der Waals surface area contributed by atoms with Gasteiger partial charge in [0.05, 0.1) is 5.52 Å². The van der Waals surface area contributed by atoms with E-state index in [9.17, 15) is 4.79 Å². The van der Waals surface area contributed by atoms with Crippen molar-refractivity contribution < 1.29 is 9.53 Å². The highest BCUT2D eigenvalue weighted by atomic mass is 16.6. The molecule has 1 fully saturated rings. The molecule has 4 nitrogen and oxygen atoms in total. The predicted molar refractivity (Wildman–Crippen MR) is 87.6 cm³/mol. The number of benzene rings is 2. The highest BCUT2D eigenvalue weighted by molar-refractivity contribution is 5.80. The van der Waals surface area contributed by atoms with E-state index in [1.807, 2.05) is 60.8 Å². The number of ether oxygens (including phenoxy) is 1. The average Bonchev–Trinajstić information content (AvgIpc) is 2.96. The molecule has 0 amide bonds. The van der Waals surface area contributed by atoms with E-state index in [-0.39, 0.29) is 18.2 Å². The van der Waals surface area contributed by atoms with E-state index >= 15 is 0 Å². The molecule has 114 valence electrons. The first-order valence-corrected chi connectivity index (χ1v) is 7.65. The van der Waals surface area contributed by atoms with Crippen LogP contribution >= 0.6 is 0 Å². The lowest BCUT2D eigenvalue weighted by Gasteiger charge is -2.10. The molecule has 0 aliphatic carbocycles. The van der Waals surface area contributed by atoms with Crippen molar-refractivity contribution in [2.45, 2.75) is 18.7 Å². The fourth-order valence-electron chi connectivity index (χ4n) is 2.88. The van der Waals surface area contributed by atoms with Gasteiger partial charge in [0.2, 0.25) is 0 Å². The molecule has 1 saturated heterocycles. The van der Waals surface area contributed by atoms with Crippen molar-refractivity contribution in [1.82, 2.24) is 10.3 Å². The fraction of sp³-hybridized carbons (Fsp3) is 0.158. The number of para-hydroxylation sites is 1. The summed E-state index contributed by atoms with van der Waals surface area (Å²) in [5, 5.41) is 4.33. The van der Waals surface area contributed by atoms with Gasteiger partial charge in [0.15, 0.2) is 6.23 Å². The van der Waals surface area contributed by atoms with E-state index in [4.69, 9.17) is 4.74 Å². The highest BCUT2D eigenvalue weighted by Gasteiger charge is 2.34. The average molecular weight is 304 g/mol. The number of aromatic nitrogens is 1. The molecule has 2 atom stereocenters. The summed E-state index contributed by atoms with van der Waals surface area (Å²) in [6, 6.07) is 19.4. The summed E-state index contributed by atoms with van der Waals surface area (Å²) in [5.41, 5.74) is 2.94. The minimum atomic E-state index is -0.373. The molecular weight excluding hydrogens is 288 g/mol. The van der Waals surface area contributed by atoms with E-state index in [0.717, 1.165) is 22.0 Å². The van der Waals surface area contributed by atoms with Gasteiger partial charge in [0, 0.05) is 23.6 Å². The minimum absolute atomic E-state index is 0.216. The first-order chi connectivity index (χ1) is 11.3. The van der Waals surface area contributed by atoms with Crippen LogP contribution in [0.3, 0.4) is 0 Å². The standard InChI is InChI=1S/C19H16N2O2/c22-19-17(21-18(23-19)14-6-2-1-3-7-14)11-13-10-15-8-4-5-9-16(15)20-12-13/h1-10,12,17-18,21H,11H2. The molecule has 0 radical (unpaired) electrons. The second-order valence-corrected chi connectivity index (χ2v) is 5.69. The Morgan fingerprint density at radius 1 is 1.04 bits per heavy atom. The zero-order valence-corrected chi connectivity index (χ0v) is 12.5. The van der Waals surface area contributed by atoms with Crippen molar-refractivity contribution in [1.29, 1.82) is 0 Å². The first-order valence-electron chi connectivity index (χ1n) is 7.65. The van der Waals surface area contributed by atoms with Crippen LogP contribution in [-0.4, -0.2) is 17.0 Å². The van der Waals surface area contributed by atoms with Crippen molar-refractivity contribution in [3.05, 3.63) is 78.0 Å². The van der Waals surface area contributed by atoms with E-state index in [1.54, 1.807) is 0 Å². The Hall–Kier alpha value is -2.72. The van der Waals surface area contributed by atoms with Crippen molar-refractivity contribution in [3.8, 4) is 0 Å². The zero-order valence-electron chi connectivity index (χ0n) is 12.5. The molecule has 2 aromatic carbocycles. The number of nitrogens with zero attached hydrogens (tertiary/aromatic N) is 1. The lowest BCUT2D eigenvalue weighted by atomic mass is 10.1. The lowest BCUT2D eigenvalue weighted by Crippen LogP contribution is -2.30. The molecule has 23 heavy (non-hydrogen) atoms. The van der Waals surface area contributed by atoms with Crippen LogP contribution in [0.1, 0.15) is 17.4 Å². The molecule has 3 aromatic rings. The SMILES string of the molecule is O=C1OC(c2ccccc2)NC1Cc1cnc2ccccc2c1. The van der Waals surface area contributed by atoms with Crippen LogP contribution in [0.25, 0.3) is 10.9 Å². The topological polar surface area (TPSA) is 51.2 Å². The van der Waals surface area contributed by atoms with Crippen molar-refractivity contribution in [2.75, 3.05) is 0 Å². The second kappa shape index (κ2) is 5.82. The normalized spacial score (nSPS) is 20.6. The quantitative estimate of drug-likeness (QED) is 0.756. The second-order valence-electron chi connectivity index (χ2n) is 5.69. The minimum Gasteiger partial charge on any atom is -0.441 e. The van der Waals surface area contributed by atoms with Crippen LogP contribution in [0.2, 0.25) is 0 Å². The number of rotatable bonds is 3. The molecule has 1 aliphatic heterocycles. The Kier molecular flexibility index (Phi) is 3.52. The predicted octanol–water partition coefficient (Wildman–Crippen LogP) is 2.99. The summed E-state index contributed by atoms with van der Waals surface area (Å²) in [7, 11) is 0. The molecule has 4 heteroatoms. The zero-order chi connectivity index (χ0) is 15.6. The smallest absolute Gasteiger partial charge is 0.325 e. The molecule has 0 bridgehead atoms. The Morgan fingerprint density at radius 3 is 2.70 bits per heavy atom. The maximum absolute atomic E-state index is 12.1. The molecular formula is C19H16N2O2. The Morgan fingerprint density at radius 2 is 1.83 bits per heavy atom. The Balaban J connectivity index is 1.53. The first kappa shape index (κ1) is 13.9. The summed E-state index contributed by atoms with van der Waals surface area (Å²) in [6.45, 7) is 0. The van der Waals surface area contributed by atoms with Crippen LogP contribution in [0, 0.1) is 0 Å². The van der Waals surface area contributed by atoms with Crippen LogP contribution in [0.4, 0.5) is 0 Å². The van der Waals surface area contributed by atoms with Crippen molar-refractivity contribution >= 4 is 16.9 Å². The molecule has 1 aromatic heterocycles. The van der Waals surface area contributed by atoms with E-state index in [2.05, 4.69) is 16.4 Å². The van der Waals surface area contributed by atoms with E-state index < -0.39 is 0 Å². The van der Waals surface area contributed by atoms with Gasteiger partial charge >= 0.3 is 5.97 Å². The molecule has 1 aliphatic rings. The van der Waals surface area contributed by atoms with Gasteiger partial charge in [-0.25, -0.2) is 0 Å². The molecule has 2 unspecified atom stereocenters. The third kappa shape index (κ3) is 2.81. The van der Waals surface area contributed by atoms with Gasteiger partial charge in [-0.05, 0) is 17.7 Å². The third-order valence-electron chi connectivity index (χ3n) is 4.06. The van der Waals surface area contributed by atoms with Crippen LogP contribution in [0.5, 0.6) is 0 Å². The molecule has 0 saturated carbocycles. The maximum atomic E-state index is 12.1. The maximum Gasteiger partial charge on any atom is 0.325 e. The van der Waals surface area contributed by atoms with Crippen molar-refractivity contribution in [2.24, 2.45) is 0 Å². The van der Waals surface area contributed by atoms with Crippen molar-refractivity contribution in [3.63, 3.8) is 0 Å². The lowest BCUT2D eigenvalue weighted by molar-refractivity contribution is -0.142. The number of carbonyl (C=O) groups is 1. The summed E-state index contributed by atoms with van der Waals surface area (Å²) in [5.74, 6) is -0.216. The van der Waals surface area contributed by atoms with Gasteiger partial charge in [0.25, 0.3) is 0 Å². The van der Waals surface area contributed by atoms with Gasteiger partial charge in [-0.1, -0.05) is 48.5 Å².